The van der Waals surface area contributed by atoms with E-state index in [4.69, 9.17) is 4.74 Å². The molecule has 2 saturated heterocycles. The summed E-state index contributed by atoms with van der Waals surface area (Å²) < 4.78 is 5.36. The highest BCUT2D eigenvalue weighted by Gasteiger charge is 2.39. The van der Waals surface area contributed by atoms with Crippen LogP contribution in [0.15, 0.2) is 0 Å². The molecule has 2 heterocycles. The lowest BCUT2D eigenvalue weighted by Crippen LogP contribution is -2.54. The summed E-state index contributed by atoms with van der Waals surface area (Å²) in [6.45, 7) is 9.06. The van der Waals surface area contributed by atoms with Gasteiger partial charge in [-0.05, 0) is 33.6 Å². The molecule has 0 radical (unpaired) electrons. The van der Waals surface area contributed by atoms with Gasteiger partial charge in [0.25, 0.3) is 0 Å². The number of rotatable bonds is 2. The lowest BCUT2D eigenvalue weighted by molar-refractivity contribution is -0.139. The molecular weight excluding hydrogens is 298 g/mol. The van der Waals surface area contributed by atoms with Crippen LogP contribution in [0.25, 0.3) is 0 Å². The van der Waals surface area contributed by atoms with E-state index in [1.807, 2.05) is 20.8 Å². The lowest BCUT2D eigenvalue weighted by Gasteiger charge is -2.40. The highest BCUT2D eigenvalue weighted by Crippen LogP contribution is 2.26. The Bertz CT molecular complexity index is 443. The number of piperidine rings is 1. The molecule has 132 valence electrons. The Balaban J connectivity index is 1.92. The van der Waals surface area contributed by atoms with Gasteiger partial charge in [-0.15, -0.1) is 0 Å². The lowest BCUT2D eigenvalue weighted by atomic mass is 9.89. The molecule has 1 atom stereocenters. The standard InChI is InChI=1S/C16H29N3O4/c1-15(2,3)23-14(21)19-8-4-5-16(22,12-19)11-13(20)18-9-6-17-7-10-18/h17,22H,4-12H2,1-3H3/t16-/m0/s1. The van der Waals surface area contributed by atoms with Crippen molar-refractivity contribution in [1.82, 2.24) is 15.1 Å². The van der Waals surface area contributed by atoms with Crippen LogP contribution in [-0.2, 0) is 9.53 Å². The molecule has 7 nitrogen and oxygen atoms in total. The number of aliphatic hydroxyl groups is 1. The first kappa shape index (κ1) is 18.0. The molecule has 0 aromatic carbocycles. The Kier molecular flexibility index (Phi) is 5.52. The van der Waals surface area contributed by atoms with Gasteiger partial charge in [-0.3, -0.25) is 4.79 Å². The van der Waals surface area contributed by atoms with E-state index in [0.717, 1.165) is 13.1 Å². The molecule has 2 rings (SSSR count). The van der Waals surface area contributed by atoms with Crippen LogP contribution in [0.4, 0.5) is 4.79 Å². The zero-order chi connectivity index (χ0) is 17.1. The smallest absolute Gasteiger partial charge is 0.410 e. The molecule has 2 N–H and O–H groups in total. The SMILES string of the molecule is CC(C)(C)OC(=O)N1CCC[C@](O)(CC(=O)N2CCNCC2)C1. The highest BCUT2D eigenvalue weighted by molar-refractivity contribution is 5.77. The third-order valence-corrected chi connectivity index (χ3v) is 4.16. The number of ether oxygens (including phenoxy) is 1. The molecule has 0 spiro atoms. The molecule has 0 aromatic heterocycles. The van der Waals surface area contributed by atoms with Crippen molar-refractivity contribution in [3.8, 4) is 0 Å². The number of carbonyl (C=O) groups excluding carboxylic acids is 2. The van der Waals surface area contributed by atoms with Crippen molar-refractivity contribution >= 4 is 12.0 Å². The summed E-state index contributed by atoms with van der Waals surface area (Å²) >= 11 is 0. The maximum atomic E-state index is 12.4. The zero-order valence-corrected chi connectivity index (χ0v) is 14.4. The maximum absolute atomic E-state index is 12.4. The second-order valence-corrected chi connectivity index (χ2v) is 7.54. The summed E-state index contributed by atoms with van der Waals surface area (Å²) in [5.41, 5.74) is -1.72. The van der Waals surface area contributed by atoms with E-state index in [2.05, 4.69) is 5.32 Å². The Morgan fingerprint density at radius 1 is 1.17 bits per heavy atom. The van der Waals surface area contributed by atoms with Crippen LogP contribution in [-0.4, -0.2) is 77.4 Å². The highest BCUT2D eigenvalue weighted by atomic mass is 16.6. The summed E-state index contributed by atoms with van der Waals surface area (Å²) in [7, 11) is 0. The predicted molar refractivity (Wildman–Crippen MR) is 86.1 cm³/mol. The third-order valence-electron chi connectivity index (χ3n) is 4.16. The molecule has 2 fully saturated rings. The fourth-order valence-electron chi connectivity index (χ4n) is 3.05. The summed E-state index contributed by atoms with van der Waals surface area (Å²) in [6.07, 6.45) is 0.839. The van der Waals surface area contributed by atoms with Crippen LogP contribution in [0.1, 0.15) is 40.0 Å². The molecular formula is C16H29N3O4. The summed E-state index contributed by atoms with van der Waals surface area (Å²) in [6, 6.07) is 0. The number of β-amino-alcohol motifs (C(OH)–C–C–N with tert-alkyl or cyclic N) is 1. The van der Waals surface area contributed by atoms with E-state index in [1.54, 1.807) is 4.90 Å². The van der Waals surface area contributed by atoms with Crippen molar-refractivity contribution in [2.24, 2.45) is 0 Å². The fourth-order valence-corrected chi connectivity index (χ4v) is 3.05. The number of hydrogen-bond acceptors (Lipinski definition) is 5. The summed E-state index contributed by atoms with van der Waals surface area (Å²) in [4.78, 5) is 27.9. The van der Waals surface area contributed by atoms with Crippen LogP contribution in [0.3, 0.4) is 0 Å². The molecule has 7 heteroatoms. The molecule has 2 aliphatic rings. The second-order valence-electron chi connectivity index (χ2n) is 7.54. The van der Waals surface area contributed by atoms with Gasteiger partial charge in [-0.1, -0.05) is 0 Å². The molecule has 0 unspecified atom stereocenters. The number of nitrogens with zero attached hydrogens (tertiary/aromatic N) is 2. The van der Waals surface area contributed by atoms with Gasteiger partial charge in [0, 0.05) is 32.7 Å². The quantitative estimate of drug-likeness (QED) is 0.775. The average molecular weight is 327 g/mol. The molecule has 0 aromatic rings. The van der Waals surface area contributed by atoms with E-state index in [0.29, 0.717) is 32.5 Å². The van der Waals surface area contributed by atoms with E-state index in [-0.39, 0.29) is 18.9 Å². The van der Waals surface area contributed by atoms with Crippen molar-refractivity contribution in [3.05, 3.63) is 0 Å². The maximum Gasteiger partial charge on any atom is 0.410 e. The van der Waals surface area contributed by atoms with Crippen LogP contribution < -0.4 is 5.32 Å². The minimum atomic E-state index is -1.16. The topological polar surface area (TPSA) is 82.1 Å². The fraction of sp³-hybridized carbons (Fsp3) is 0.875. The normalized spacial score (nSPS) is 26.1. The largest absolute Gasteiger partial charge is 0.444 e. The van der Waals surface area contributed by atoms with Crippen LogP contribution in [0, 0.1) is 0 Å². The van der Waals surface area contributed by atoms with Gasteiger partial charge >= 0.3 is 6.09 Å². The van der Waals surface area contributed by atoms with E-state index >= 15 is 0 Å². The van der Waals surface area contributed by atoms with Gasteiger partial charge in [-0.2, -0.15) is 0 Å². The van der Waals surface area contributed by atoms with E-state index in [9.17, 15) is 14.7 Å². The molecule has 0 bridgehead atoms. The van der Waals surface area contributed by atoms with Crippen molar-refractivity contribution in [2.45, 2.75) is 51.2 Å². The van der Waals surface area contributed by atoms with E-state index < -0.39 is 17.3 Å². The predicted octanol–water partition coefficient (Wildman–Crippen LogP) is 0.570. The van der Waals surface area contributed by atoms with Gasteiger partial charge in [0.2, 0.25) is 5.91 Å². The monoisotopic (exact) mass is 327 g/mol. The van der Waals surface area contributed by atoms with Gasteiger partial charge in [0.15, 0.2) is 0 Å². The van der Waals surface area contributed by atoms with Crippen molar-refractivity contribution in [1.29, 1.82) is 0 Å². The van der Waals surface area contributed by atoms with Gasteiger partial charge in [0.1, 0.15) is 5.60 Å². The van der Waals surface area contributed by atoms with Crippen molar-refractivity contribution < 1.29 is 19.4 Å². The number of likely N-dealkylation sites (tertiary alicyclic amines) is 1. The molecule has 0 saturated carbocycles. The van der Waals surface area contributed by atoms with Crippen LogP contribution in [0.5, 0.6) is 0 Å². The Morgan fingerprint density at radius 2 is 1.83 bits per heavy atom. The number of amides is 2. The summed E-state index contributed by atoms with van der Waals surface area (Å²) in [5.74, 6) is -0.0416. The Morgan fingerprint density at radius 3 is 2.43 bits per heavy atom. The van der Waals surface area contributed by atoms with Gasteiger partial charge in [0.05, 0.1) is 18.6 Å². The average Bonchev–Trinajstić information content (AvgIpc) is 2.46. The Hall–Kier alpha value is -1.34. The third kappa shape index (κ3) is 5.35. The number of carbonyl (C=O) groups is 2. The number of piperazine rings is 1. The van der Waals surface area contributed by atoms with E-state index in [1.165, 1.54) is 4.90 Å². The summed E-state index contributed by atoms with van der Waals surface area (Å²) in [5, 5.41) is 14.0. The van der Waals surface area contributed by atoms with Gasteiger partial charge < -0.3 is 25.0 Å². The molecule has 0 aliphatic carbocycles. The Labute approximate surface area is 138 Å². The number of hydrogen-bond donors (Lipinski definition) is 2. The molecule has 23 heavy (non-hydrogen) atoms. The molecule has 2 aliphatic heterocycles. The molecule has 2 amide bonds. The van der Waals surface area contributed by atoms with Crippen LogP contribution in [0.2, 0.25) is 0 Å². The second kappa shape index (κ2) is 7.05. The van der Waals surface area contributed by atoms with Crippen LogP contribution >= 0.6 is 0 Å². The van der Waals surface area contributed by atoms with Crippen molar-refractivity contribution in [2.75, 3.05) is 39.3 Å². The first-order chi connectivity index (χ1) is 10.7. The number of nitrogens with one attached hydrogen (secondary N) is 1. The van der Waals surface area contributed by atoms with Gasteiger partial charge in [-0.25, -0.2) is 4.79 Å². The minimum absolute atomic E-state index is 0.0416. The minimum Gasteiger partial charge on any atom is -0.444 e. The van der Waals surface area contributed by atoms with Crippen molar-refractivity contribution in [3.63, 3.8) is 0 Å². The zero-order valence-electron chi connectivity index (χ0n) is 14.4. The first-order valence-corrected chi connectivity index (χ1v) is 8.37. The first-order valence-electron chi connectivity index (χ1n) is 8.37.